The minimum absolute atomic E-state index is 0.406. The van der Waals surface area contributed by atoms with E-state index in [0.717, 1.165) is 17.7 Å². The summed E-state index contributed by atoms with van der Waals surface area (Å²) in [5.74, 6) is 0.956. The van der Waals surface area contributed by atoms with Gasteiger partial charge in [0.05, 0.1) is 5.02 Å². The van der Waals surface area contributed by atoms with Crippen LogP contribution in [0.3, 0.4) is 0 Å². The molecule has 0 bridgehead atoms. The number of benzene rings is 1. The lowest BCUT2D eigenvalue weighted by atomic mass is 10.1. The first-order chi connectivity index (χ1) is 10.2. The second kappa shape index (κ2) is 5.93. The smallest absolute Gasteiger partial charge is 0.227 e. The van der Waals surface area contributed by atoms with Crippen molar-refractivity contribution in [3.63, 3.8) is 0 Å². The Morgan fingerprint density at radius 3 is 2.86 bits per heavy atom. The molecule has 0 radical (unpaired) electrons. The van der Waals surface area contributed by atoms with E-state index in [9.17, 15) is 0 Å². The number of hydrogen-bond acceptors (Lipinski definition) is 5. The highest BCUT2D eigenvalue weighted by Crippen LogP contribution is 2.22. The lowest BCUT2D eigenvalue weighted by molar-refractivity contribution is 0.379. The van der Waals surface area contributed by atoms with Crippen LogP contribution in [-0.4, -0.2) is 15.1 Å². The Balaban J connectivity index is 1.72. The van der Waals surface area contributed by atoms with Crippen molar-refractivity contribution in [1.82, 2.24) is 15.1 Å². The van der Waals surface area contributed by atoms with Gasteiger partial charge in [0.2, 0.25) is 11.7 Å². The molecule has 106 valence electrons. The molecule has 0 aliphatic carbocycles. The van der Waals surface area contributed by atoms with E-state index in [0.29, 0.717) is 28.9 Å². The third-order valence-corrected chi connectivity index (χ3v) is 3.32. The minimum atomic E-state index is 0.406. The zero-order chi connectivity index (χ0) is 14.7. The molecule has 0 aliphatic heterocycles. The van der Waals surface area contributed by atoms with Crippen LogP contribution in [0.4, 0.5) is 5.69 Å². The van der Waals surface area contributed by atoms with Gasteiger partial charge in [-0.15, -0.1) is 0 Å². The first-order valence-corrected chi connectivity index (χ1v) is 6.88. The summed E-state index contributed by atoms with van der Waals surface area (Å²) >= 11 is 6.06. The highest BCUT2D eigenvalue weighted by Gasteiger charge is 2.12. The molecule has 0 saturated heterocycles. The van der Waals surface area contributed by atoms with Crippen LogP contribution in [0.2, 0.25) is 5.02 Å². The number of pyridine rings is 1. The second-order valence-electron chi connectivity index (χ2n) is 4.59. The normalized spacial score (nSPS) is 10.7. The molecule has 2 N–H and O–H groups in total. The fraction of sp³-hybridized carbons (Fsp3) is 0.133. The molecule has 0 amide bonds. The van der Waals surface area contributed by atoms with Gasteiger partial charge in [0.1, 0.15) is 5.69 Å². The van der Waals surface area contributed by atoms with Gasteiger partial charge < -0.3 is 10.3 Å². The van der Waals surface area contributed by atoms with Crippen molar-refractivity contribution in [3.8, 4) is 11.5 Å². The molecule has 3 aromatic rings. The van der Waals surface area contributed by atoms with Crippen LogP contribution in [0.15, 0.2) is 47.1 Å². The lowest BCUT2D eigenvalue weighted by Gasteiger charge is -1.99. The van der Waals surface area contributed by atoms with Gasteiger partial charge in [0.15, 0.2) is 0 Å². The summed E-state index contributed by atoms with van der Waals surface area (Å²) in [6, 6.07) is 11.2. The Morgan fingerprint density at radius 2 is 2.05 bits per heavy atom. The maximum Gasteiger partial charge on any atom is 0.227 e. The van der Waals surface area contributed by atoms with Crippen molar-refractivity contribution in [2.75, 3.05) is 5.73 Å². The zero-order valence-electron chi connectivity index (χ0n) is 11.2. The van der Waals surface area contributed by atoms with Crippen molar-refractivity contribution in [2.24, 2.45) is 0 Å². The van der Waals surface area contributed by atoms with Crippen LogP contribution in [-0.2, 0) is 12.8 Å². The molecule has 3 rings (SSSR count). The molecule has 0 atom stereocenters. The van der Waals surface area contributed by atoms with E-state index in [1.54, 1.807) is 18.3 Å². The van der Waals surface area contributed by atoms with E-state index >= 15 is 0 Å². The van der Waals surface area contributed by atoms with E-state index in [1.807, 2.05) is 24.3 Å². The predicted octanol–water partition coefficient (Wildman–Crippen LogP) is 3.15. The lowest BCUT2D eigenvalue weighted by Crippen LogP contribution is -1.94. The quantitative estimate of drug-likeness (QED) is 0.749. The number of nitrogen functional groups attached to an aromatic ring is 1. The van der Waals surface area contributed by atoms with Crippen molar-refractivity contribution in [2.45, 2.75) is 12.8 Å². The molecular formula is C15H13ClN4O. The monoisotopic (exact) mass is 300 g/mol. The van der Waals surface area contributed by atoms with E-state index in [4.69, 9.17) is 21.9 Å². The first kappa shape index (κ1) is 13.6. The highest BCUT2D eigenvalue weighted by molar-refractivity contribution is 6.32. The average molecular weight is 301 g/mol. The Hall–Kier alpha value is -2.40. The van der Waals surface area contributed by atoms with Crippen LogP contribution in [0, 0.1) is 0 Å². The molecule has 6 heteroatoms. The topological polar surface area (TPSA) is 77.8 Å². The van der Waals surface area contributed by atoms with Crippen LogP contribution < -0.4 is 5.73 Å². The molecule has 1 aromatic carbocycles. The Labute approximate surface area is 126 Å². The third kappa shape index (κ3) is 3.20. The second-order valence-corrected chi connectivity index (χ2v) is 5.00. The van der Waals surface area contributed by atoms with E-state index in [1.165, 1.54) is 0 Å². The summed E-state index contributed by atoms with van der Waals surface area (Å²) in [4.78, 5) is 8.48. The summed E-state index contributed by atoms with van der Waals surface area (Å²) in [5, 5.41) is 4.42. The Morgan fingerprint density at radius 1 is 1.14 bits per heavy atom. The molecule has 0 spiro atoms. The standard InChI is InChI=1S/C15H13ClN4O/c16-12-5-2-8-18-14(12)15-19-13(21-20-15)7-6-10-3-1-4-11(17)9-10/h1-5,8-9H,6-7,17H2. The molecule has 5 nitrogen and oxygen atoms in total. The summed E-state index contributed by atoms with van der Waals surface area (Å²) in [5.41, 5.74) is 8.16. The molecule has 0 unspecified atom stereocenters. The summed E-state index contributed by atoms with van der Waals surface area (Å²) < 4.78 is 5.24. The number of rotatable bonds is 4. The van der Waals surface area contributed by atoms with Crippen LogP contribution >= 0.6 is 11.6 Å². The summed E-state index contributed by atoms with van der Waals surface area (Å²) in [7, 11) is 0. The number of nitrogens with two attached hydrogens (primary N) is 1. The molecular weight excluding hydrogens is 288 g/mol. The summed E-state index contributed by atoms with van der Waals surface area (Å²) in [6.45, 7) is 0. The van der Waals surface area contributed by atoms with E-state index in [-0.39, 0.29) is 0 Å². The largest absolute Gasteiger partial charge is 0.399 e. The number of aromatic nitrogens is 3. The van der Waals surface area contributed by atoms with Crippen molar-refractivity contribution in [3.05, 3.63) is 59.1 Å². The van der Waals surface area contributed by atoms with E-state index < -0.39 is 0 Å². The van der Waals surface area contributed by atoms with Gasteiger partial charge >= 0.3 is 0 Å². The zero-order valence-corrected chi connectivity index (χ0v) is 11.9. The number of nitrogens with zero attached hydrogens (tertiary/aromatic N) is 3. The highest BCUT2D eigenvalue weighted by atomic mass is 35.5. The maximum absolute atomic E-state index is 6.06. The third-order valence-electron chi connectivity index (χ3n) is 3.02. The average Bonchev–Trinajstić information content (AvgIpc) is 2.94. The fourth-order valence-corrected chi connectivity index (χ4v) is 2.21. The van der Waals surface area contributed by atoms with Crippen LogP contribution in [0.25, 0.3) is 11.5 Å². The van der Waals surface area contributed by atoms with Gasteiger partial charge in [-0.1, -0.05) is 28.9 Å². The Kier molecular flexibility index (Phi) is 3.83. The van der Waals surface area contributed by atoms with Gasteiger partial charge in [-0.25, -0.2) is 0 Å². The minimum Gasteiger partial charge on any atom is -0.399 e. The molecule has 0 fully saturated rings. The Bertz CT molecular complexity index is 757. The van der Waals surface area contributed by atoms with Gasteiger partial charge in [-0.3, -0.25) is 4.98 Å². The maximum atomic E-state index is 6.06. The van der Waals surface area contributed by atoms with Gasteiger partial charge in [0.25, 0.3) is 0 Å². The van der Waals surface area contributed by atoms with Gasteiger partial charge in [-0.05, 0) is 36.2 Å². The van der Waals surface area contributed by atoms with Crippen LogP contribution in [0.1, 0.15) is 11.5 Å². The molecule has 0 aliphatic rings. The van der Waals surface area contributed by atoms with E-state index in [2.05, 4.69) is 15.1 Å². The number of anilines is 1. The fourth-order valence-electron chi connectivity index (χ4n) is 2.00. The number of halogens is 1. The van der Waals surface area contributed by atoms with Gasteiger partial charge in [-0.2, -0.15) is 4.98 Å². The number of aryl methyl sites for hydroxylation is 2. The van der Waals surface area contributed by atoms with Crippen molar-refractivity contribution in [1.29, 1.82) is 0 Å². The predicted molar refractivity (Wildman–Crippen MR) is 80.8 cm³/mol. The number of hydrogen-bond donors (Lipinski definition) is 1. The first-order valence-electron chi connectivity index (χ1n) is 6.50. The van der Waals surface area contributed by atoms with Gasteiger partial charge in [0, 0.05) is 18.3 Å². The molecule has 2 heterocycles. The molecule has 0 saturated carbocycles. The molecule has 2 aromatic heterocycles. The molecule has 21 heavy (non-hydrogen) atoms. The SMILES string of the molecule is Nc1cccc(CCc2nc(-c3ncccc3Cl)no2)c1. The van der Waals surface area contributed by atoms with Crippen molar-refractivity contribution >= 4 is 17.3 Å². The van der Waals surface area contributed by atoms with Crippen molar-refractivity contribution < 1.29 is 4.52 Å². The summed E-state index contributed by atoms with van der Waals surface area (Å²) in [6.07, 6.45) is 3.06. The van der Waals surface area contributed by atoms with Crippen LogP contribution in [0.5, 0.6) is 0 Å².